The van der Waals surface area contributed by atoms with E-state index in [1.165, 1.54) is 0 Å². The number of aliphatic hydroxyl groups excluding tert-OH is 1. The molecule has 1 atom stereocenters. The summed E-state index contributed by atoms with van der Waals surface area (Å²) in [5.41, 5.74) is 8.52. The van der Waals surface area contributed by atoms with Gasteiger partial charge in [-0.2, -0.15) is 0 Å². The second kappa shape index (κ2) is 6.33. The van der Waals surface area contributed by atoms with Crippen molar-refractivity contribution in [3.05, 3.63) is 65.1 Å². The predicted octanol–water partition coefficient (Wildman–Crippen LogP) is 3.76. The maximum Gasteiger partial charge on any atom is 0.117 e. The molecule has 2 rings (SSSR count). The Morgan fingerprint density at radius 2 is 2.00 bits per heavy atom. The Bertz CT molecular complexity index is 556. The van der Waals surface area contributed by atoms with Crippen molar-refractivity contribution in [2.24, 2.45) is 11.7 Å². The van der Waals surface area contributed by atoms with Gasteiger partial charge < -0.3 is 15.6 Å². The second-order valence-corrected chi connectivity index (χ2v) is 5.00. The number of methoxy groups -OCH3 is 1. The fourth-order valence-electron chi connectivity index (χ4n) is 2.43. The largest absolute Gasteiger partial charge is 0.508 e. The molecule has 3 N–H and O–H groups in total. The van der Waals surface area contributed by atoms with E-state index in [0.29, 0.717) is 5.70 Å². The van der Waals surface area contributed by atoms with Gasteiger partial charge in [-0.15, -0.1) is 0 Å². The molecule has 0 aliphatic heterocycles. The summed E-state index contributed by atoms with van der Waals surface area (Å²) in [6.45, 7) is 2.05. The number of ether oxygens (including phenoxy) is 1. The molecular weight excluding hydrogens is 250 g/mol. The molecule has 0 spiro atoms. The number of benzene rings is 1. The van der Waals surface area contributed by atoms with Crippen LogP contribution in [0.1, 0.15) is 25.3 Å². The SMILES string of the molecule is COC1=CC(C)/C(=C(O)\C=C(/N)c2ccccc2)CC1. The van der Waals surface area contributed by atoms with Crippen LogP contribution >= 0.6 is 0 Å². The van der Waals surface area contributed by atoms with Gasteiger partial charge in [-0.05, 0) is 23.6 Å². The second-order valence-electron chi connectivity index (χ2n) is 5.00. The average Bonchev–Trinajstić information content (AvgIpc) is 2.47. The van der Waals surface area contributed by atoms with Crippen LogP contribution < -0.4 is 5.73 Å². The first kappa shape index (κ1) is 14.3. The maximum absolute atomic E-state index is 10.3. The highest BCUT2D eigenvalue weighted by molar-refractivity contribution is 5.65. The Balaban J connectivity index is 2.25. The lowest BCUT2D eigenvalue weighted by Gasteiger charge is -2.21. The molecule has 3 heteroatoms. The molecule has 0 saturated carbocycles. The monoisotopic (exact) mass is 271 g/mol. The number of aliphatic hydroxyl groups is 1. The highest BCUT2D eigenvalue weighted by atomic mass is 16.5. The predicted molar refractivity (Wildman–Crippen MR) is 81.8 cm³/mol. The van der Waals surface area contributed by atoms with Crippen LogP contribution in [0.2, 0.25) is 0 Å². The molecular formula is C17H21NO2. The molecule has 0 bridgehead atoms. The Labute approximate surface area is 120 Å². The van der Waals surface area contributed by atoms with Gasteiger partial charge in [0.25, 0.3) is 0 Å². The molecule has 3 nitrogen and oxygen atoms in total. The molecule has 0 saturated heterocycles. The fourth-order valence-corrected chi connectivity index (χ4v) is 2.43. The van der Waals surface area contributed by atoms with E-state index < -0.39 is 0 Å². The van der Waals surface area contributed by atoms with Crippen molar-refractivity contribution in [1.29, 1.82) is 0 Å². The highest BCUT2D eigenvalue weighted by Crippen LogP contribution is 2.30. The van der Waals surface area contributed by atoms with E-state index in [0.717, 1.165) is 29.7 Å². The summed E-state index contributed by atoms with van der Waals surface area (Å²) in [7, 11) is 1.68. The van der Waals surface area contributed by atoms with Gasteiger partial charge in [-0.3, -0.25) is 0 Å². The molecule has 20 heavy (non-hydrogen) atoms. The zero-order valence-corrected chi connectivity index (χ0v) is 12.0. The summed E-state index contributed by atoms with van der Waals surface area (Å²) in [4.78, 5) is 0. The minimum atomic E-state index is 0.165. The molecule has 1 unspecified atom stereocenters. The molecule has 1 aliphatic carbocycles. The third kappa shape index (κ3) is 3.23. The fraction of sp³-hybridized carbons (Fsp3) is 0.294. The van der Waals surface area contributed by atoms with Crippen molar-refractivity contribution in [3.8, 4) is 0 Å². The van der Waals surface area contributed by atoms with Crippen molar-refractivity contribution < 1.29 is 9.84 Å². The van der Waals surface area contributed by atoms with E-state index in [1.807, 2.05) is 36.4 Å². The third-order valence-corrected chi connectivity index (χ3v) is 3.62. The Hall–Kier alpha value is -2.16. The minimum absolute atomic E-state index is 0.165. The summed E-state index contributed by atoms with van der Waals surface area (Å²) in [5.74, 6) is 1.41. The maximum atomic E-state index is 10.3. The molecule has 0 fully saturated rings. The summed E-state index contributed by atoms with van der Waals surface area (Å²) < 4.78 is 5.26. The first-order chi connectivity index (χ1) is 9.61. The first-order valence-electron chi connectivity index (χ1n) is 6.81. The lowest BCUT2D eigenvalue weighted by molar-refractivity contribution is 0.266. The quantitative estimate of drug-likeness (QED) is 0.823. The van der Waals surface area contributed by atoms with Gasteiger partial charge in [-0.25, -0.2) is 0 Å². The number of hydrogen-bond acceptors (Lipinski definition) is 3. The van der Waals surface area contributed by atoms with Crippen molar-refractivity contribution in [1.82, 2.24) is 0 Å². The van der Waals surface area contributed by atoms with Crippen LogP contribution in [0.15, 0.2) is 59.6 Å². The summed E-state index contributed by atoms with van der Waals surface area (Å²) in [6, 6.07) is 9.65. The van der Waals surface area contributed by atoms with Gasteiger partial charge in [0, 0.05) is 24.1 Å². The van der Waals surface area contributed by atoms with Crippen LogP contribution in [0.25, 0.3) is 5.70 Å². The normalized spacial score (nSPS) is 22.2. The molecule has 106 valence electrons. The molecule has 0 radical (unpaired) electrons. The highest BCUT2D eigenvalue weighted by Gasteiger charge is 2.18. The molecule has 1 aromatic rings. The van der Waals surface area contributed by atoms with E-state index >= 15 is 0 Å². The van der Waals surface area contributed by atoms with Gasteiger partial charge in [0.05, 0.1) is 12.9 Å². The van der Waals surface area contributed by atoms with E-state index in [9.17, 15) is 5.11 Å². The zero-order valence-electron chi connectivity index (χ0n) is 12.0. The number of hydrogen-bond donors (Lipinski definition) is 2. The van der Waals surface area contributed by atoms with Crippen LogP contribution in [0.3, 0.4) is 0 Å². The van der Waals surface area contributed by atoms with Gasteiger partial charge >= 0.3 is 0 Å². The van der Waals surface area contributed by atoms with Gasteiger partial charge in [0.2, 0.25) is 0 Å². The smallest absolute Gasteiger partial charge is 0.117 e. The third-order valence-electron chi connectivity index (χ3n) is 3.62. The van der Waals surface area contributed by atoms with Crippen LogP contribution in [0.4, 0.5) is 0 Å². The molecule has 0 aromatic heterocycles. The van der Waals surface area contributed by atoms with Crippen LogP contribution in [-0.2, 0) is 4.74 Å². The van der Waals surface area contributed by atoms with Crippen molar-refractivity contribution in [3.63, 3.8) is 0 Å². The number of nitrogens with two attached hydrogens (primary N) is 1. The van der Waals surface area contributed by atoms with Gasteiger partial charge in [0.1, 0.15) is 5.76 Å². The van der Waals surface area contributed by atoms with Crippen LogP contribution in [0, 0.1) is 5.92 Å². The number of allylic oxidation sites excluding steroid dienone is 4. The summed E-state index contributed by atoms with van der Waals surface area (Å²) in [6.07, 6.45) is 5.30. The van der Waals surface area contributed by atoms with Crippen LogP contribution in [-0.4, -0.2) is 12.2 Å². The van der Waals surface area contributed by atoms with E-state index in [4.69, 9.17) is 10.5 Å². The first-order valence-corrected chi connectivity index (χ1v) is 6.81. The summed E-state index contributed by atoms with van der Waals surface area (Å²) >= 11 is 0. The molecule has 0 amide bonds. The number of rotatable bonds is 3. The molecule has 0 heterocycles. The van der Waals surface area contributed by atoms with Crippen molar-refractivity contribution >= 4 is 5.70 Å². The lowest BCUT2D eigenvalue weighted by Crippen LogP contribution is -2.09. The van der Waals surface area contributed by atoms with Gasteiger partial charge in [0.15, 0.2) is 0 Å². The van der Waals surface area contributed by atoms with E-state index in [-0.39, 0.29) is 11.7 Å². The Kier molecular flexibility index (Phi) is 4.51. The Morgan fingerprint density at radius 1 is 1.30 bits per heavy atom. The van der Waals surface area contributed by atoms with Crippen molar-refractivity contribution in [2.75, 3.05) is 7.11 Å². The van der Waals surface area contributed by atoms with E-state index in [1.54, 1.807) is 13.2 Å². The molecule has 1 aliphatic rings. The topological polar surface area (TPSA) is 55.5 Å². The Morgan fingerprint density at radius 3 is 2.60 bits per heavy atom. The van der Waals surface area contributed by atoms with Crippen LogP contribution in [0.5, 0.6) is 0 Å². The van der Waals surface area contributed by atoms with Gasteiger partial charge in [-0.1, -0.05) is 37.3 Å². The lowest BCUT2D eigenvalue weighted by atomic mass is 9.89. The summed E-state index contributed by atoms with van der Waals surface area (Å²) in [5, 5.41) is 10.3. The van der Waals surface area contributed by atoms with E-state index in [2.05, 4.69) is 6.92 Å². The standard InChI is InChI=1S/C17H21NO2/c1-12-10-14(20-2)8-9-15(12)17(19)11-16(18)13-6-4-3-5-7-13/h3-7,10-12,19H,8-9,18H2,1-2H3/b16-11-,17-15+. The molecule has 1 aromatic carbocycles. The zero-order chi connectivity index (χ0) is 14.5. The average molecular weight is 271 g/mol. The van der Waals surface area contributed by atoms with Crippen molar-refractivity contribution in [2.45, 2.75) is 19.8 Å². The minimum Gasteiger partial charge on any atom is -0.508 e.